The molecule has 0 bridgehead atoms. The van der Waals surface area contributed by atoms with E-state index in [9.17, 15) is 0 Å². The first-order valence-corrected chi connectivity index (χ1v) is 7.62. The predicted octanol–water partition coefficient (Wildman–Crippen LogP) is 3.39. The maximum absolute atomic E-state index is 4.80. The van der Waals surface area contributed by atoms with E-state index in [4.69, 9.17) is 4.98 Å². The molecule has 0 radical (unpaired) electrons. The van der Waals surface area contributed by atoms with E-state index in [1.807, 2.05) is 7.05 Å². The third-order valence-corrected chi connectivity index (χ3v) is 3.47. The number of aromatic nitrogens is 1. The van der Waals surface area contributed by atoms with E-state index in [0.29, 0.717) is 0 Å². The van der Waals surface area contributed by atoms with E-state index < -0.39 is 0 Å². The van der Waals surface area contributed by atoms with Gasteiger partial charge in [0.15, 0.2) is 0 Å². The van der Waals surface area contributed by atoms with Crippen LogP contribution >= 0.6 is 0 Å². The maximum Gasteiger partial charge on any atom is 0.129 e. The minimum atomic E-state index is 0.877. The van der Waals surface area contributed by atoms with Crippen LogP contribution in [0, 0.1) is 0 Å². The third-order valence-electron chi connectivity index (χ3n) is 3.47. The van der Waals surface area contributed by atoms with E-state index >= 15 is 0 Å². The van der Waals surface area contributed by atoms with Crippen LogP contribution in [0.5, 0.6) is 0 Å². The molecule has 0 unspecified atom stereocenters. The highest BCUT2D eigenvalue weighted by molar-refractivity contribution is 5.43. The van der Waals surface area contributed by atoms with Crippen LogP contribution in [0.2, 0.25) is 0 Å². The molecule has 1 aromatic heterocycles. The third kappa shape index (κ3) is 4.57. The van der Waals surface area contributed by atoms with Crippen LogP contribution in [-0.2, 0) is 19.5 Å². The summed E-state index contributed by atoms with van der Waals surface area (Å²) in [6, 6.07) is 14.9. The van der Waals surface area contributed by atoms with Crippen LogP contribution in [-0.4, -0.2) is 19.1 Å². The van der Waals surface area contributed by atoms with Gasteiger partial charge in [-0.05, 0) is 36.7 Å². The van der Waals surface area contributed by atoms with Gasteiger partial charge < -0.3 is 10.2 Å². The van der Waals surface area contributed by atoms with Crippen molar-refractivity contribution in [1.82, 2.24) is 10.3 Å². The van der Waals surface area contributed by atoms with Gasteiger partial charge in [0.05, 0.1) is 0 Å². The van der Waals surface area contributed by atoms with Gasteiger partial charge in [0.25, 0.3) is 0 Å². The Labute approximate surface area is 128 Å². The molecule has 1 aromatic carbocycles. The summed E-state index contributed by atoms with van der Waals surface area (Å²) in [5.74, 6) is 1.05. The summed E-state index contributed by atoms with van der Waals surface area (Å²) in [6.07, 6.45) is 2.15. The molecule has 0 saturated heterocycles. The molecule has 0 amide bonds. The van der Waals surface area contributed by atoms with E-state index in [0.717, 1.165) is 31.7 Å². The summed E-state index contributed by atoms with van der Waals surface area (Å²) in [5, 5.41) is 3.22. The Morgan fingerprint density at radius 2 is 1.86 bits per heavy atom. The highest BCUT2D eigenvalue weighted by Crippen LogP contribution is 2.17. The van der Waals surface area contributed by atoms with Crippen LogP contribution < -0.4 is 10.2 Å². The molecule has 1 N–H and O–H groups in total. The number of aryl methyl sites for hydroxylation is 1. The second kappa shape index (κ2) is 7.79. The lowest BCUT2D eigenvalue weighted by Crippen LogP contribution is -2.19. The first kappa shape index (κ1) is 15.5. The molecular weight excluding hydrogens is 258 g/mol. The smallest absolute Gasteiger partial charge is 0.129 e. The molecule has 2 aromatic rings. The second-order valence-corrected chi connectivity index (χ2v) is 5.45. The van der Waals surface area contributed by atoms with Gasteiger partial charge in [0, 0.05) is 25.8 Å². The number of nitrogens with one attached hydrogen (secondary N) is 1. The van der Waals surface area contributed by atoms with Crippen molar-refractivity contribution >= 4 is 5.82 Å². The van der Waals surface area contributed by atoms with Gasteiger partial charge in [-0.1, -0.05) is 43.7 Å². The van der Waals surface area contributed by atoms with Gasteiger partial charge in [0.2, 0.25) is 0 Å². The summed E-state index contributed by atoms with van der Waals surface area (Å²) < 4.78 is 0. The summed E-state index contributed by atoms with van der Waals surface area (Å²) in [5.41, 5.74) is 3.78. The lowest BCUT2D eigenvalue weighted by molar-refractivity contribution is 0.797. The van der Waals surface area contributed by atoms with Crippen molar-refractivity contribution < 1.29 is 0 Å². The molecule has 3 heteroatoms. The van der Waals surface area contributed by atoms with Crippen LogP contribution in [0.15, 0.2) is 42.5 Å². The summed E-state index contributed by atoms with van der Waals surface area (Å²) >= 11 is 0. The first-order chi connectivity index (χ1) is 10.2. The average molecular weight is 283 g/mol. The van der Waals surface area contributed by atoms with Crippen molar-refractivity contribution in [3.63, 3.8) is 0 Å². The minimum Gasteiger partial charge on any atom is -0.355 e. The van der Waals surface area contributed by atoms with Crippen molar-refractivity contribution in [2.75, 3.05) is 19.0 Å². The lowest BCUT2D eigenvalue weighted by Gasteiger charge is -2.20. The molecule has 0 spiro atoms. The predicted molar refractivity (Wildman–Crippen MR) is 89.5 cm³/mol. The van der Waals surface area contributed by atoms with Gasteiger partial charge in [-0.2, -0.15) is 0 Å². The number of nitrogens with zero attached hydrogens (tertiary/aromatic N) is 2. The zero-order valence-electron chi connectivity index (χ0n) is 13.3. The van der Waals surface area contributed by atoms with Crippen LogP contribution in [0.1, 0.15) is 30.2 Å². The van der Waals surface area contributed by atoms with Gasteiger partial charge in [0.1, 0.15) is 5.82 Å². The van der Waals surface area contributed by atoms with Crippen molar-refractivity contribution in [3.05, 3.63) is 59.3 Å². The van der Waals surface area contributed by atoms with Crippen molar-refractivity contribution in [3.8, 4) is 0 Å². The fraction of sp³-hybridized carbons (Fsp3) is 0.389. The van der Waals surface area contributed by atoms with Crippen LogP contribution in [0.3, 0.4) is 0 Å². The molecule has 3 nitrogen and oxygen atoms in total. The van der Waals surface area contributed by atoms with Crippen LogP contribution in [0.4, 0.5) is 5.82 Å². The topological polar surface area (TPSA) is 28.2 Å². The minimum absolute atomic E-state index is 0.877. The number of anilines is 1. The summed E-state index contributed by atoms with van der Waals surface area (Å²) in [4.78, 5) is 7.02. The monoisotopic (exact) mass is 283 g/mol. The summed E-state index contributed by atoms with van der Waals surface area (Å²) in [7, 11) is 4.08. The van der Waals surface area contributed by atoms with Crippen molar-refractivity contribution in [2.24, 2.45) is 0 Å². The number of rotatable bonds is 7. The first-order valence-electron chi connectivity index (χ1n) is 7.62. The van der Waals surface area contributed by atoms with Crippen LogP contribution in [0.25, 0.3) is 0 Å². The quantitative estimate of drug-likeness (QED) is 0.844. The Kier molecular flexibility index (Phi) is 5.76. The molecule has 0 atom stereocenters. The van der Waals surface area contributed by atoms with Crippen molar-refractivity contribution in [1.29, 1.82) is 0 Å². The number of pyridine rings is 1. The fourth-order valence-electron chi connectivity index (χ4n) is 2.46. The highest BCUT2D eigenvalue weighted by atomic mass is 15.2. The fourth-order valence-corrected chi connectivity index (χ4v) is 2.46. The standard InChI is InChI=1S/C18H25N3/c1-4-8-17-11-16(13-19-2)12-18(20-17)21(3)14-15-9-6-5-7-10-15/h5-7,9-12,19H,4,8,13-14H2,1-3H3. The lowest BCUT2D eigenvalue weighted by atomic mass is 10.1. The Bertz CT molecular complexity index is 527. The number of hydrogen-bond acceptors (Lipinski definition) is 3. The van der Waals surface area contributed by atoms with Gasteiger partial charge in [-0.3, -0.25) is 0 Å². The van der Waals surface area contributed by atoms with E-state index in [-0.39, 0.29) is 0 Å². The van der Waals surface area contributed by atoms with E-state index in [2.05, 4.69) is 66.7 Å². The van der Waals surface area contributed by atoms with Gasteiger partial charge >= 0.3 is 0 Å². The largest absolute Gasteiger partial charge is 0.355 e. The summed E-state index contributed by atoms with van der Waals surface area (Å²) in [6.45, 7) is 3.95. The zero-order chi connectivity index (χ0) is 15.1. The maximum atomic E-state index is 4.80. The van der Waals surface area contributed by atoms with E-state index in [1.54, 1.807) is 0 Å². The molecule has 2 rings (SSSR count). The second-order valence-electron chi connectivity index (χ2n) is 5.45. The molecule has 112 valence electrons. The number of hydrogen-bond donors (Lipinski definition) is 1. The molecular formula is C18H25N3. The Morgan fingerprint density at radius 3 is 2.52 bits per heavy atom. The molecule has 21 heavy (non-hydrogen) atoms. The van der Waals surface area contributed by atoms with Gasteiger partial charge in [-0.25, -0.2) is 4.98 Å². The molecule has 0 saturated carbocycles. The average Bonchev–Trinajstić information content (AvgIpc) is 2.49. The molecule has 0 aliphatic rings. The molecule has 0 aliphatic heterocycles. The van der Waals surface area contributed by atoms with Gasteiger partial charge in [-0.15, -0.1) is 0 Å². The van der Waals surface area contributed by atoms with E-state index in [1.165, 1.54) is 16.8 Å². The molecule has 0 fully saturated rings. The molecule has 0 aliphatic carbocycles. The SMILES string of the molecule is CCCc1cc(CNC)cc(N(C)Cc2ccccc2)n1. The Hall–Kier alpha value is -1.87. The zero-order valence-corrected chi connectivity index (χ0v) is 13.3. The Balaban J connectivity index is 2.20. The normalized spacial score (nSPS) is 10.6. The Morgan fingerprint density at radius 1 is 1.10 bits per heavy atom. The number of benzene rings is 1. The molecule has 1 heterocycles. The van der Waals surface area contributed by atoms with Crippen molar-refractivity contribution in [2.45, 2.75) is 32.9 Å². The highest BCUT2D eigenvalue weighted by Gasteiger charge is 2.07.